The molecule has 2 rings (SSSR count). The number of benzene rings is 1. The molecular weight excluding hydrogens is 365 g/mol. The monoisotopic (exact) mass is 377 g/mol. The number of hydrogen-bond donors (Lipinski definition) is 0. The van der Waals surface area contributed by atoms with Gasteiger partial charge >= 0.3 is 0 Å². The summed E-state index contributed by atoms with van der Waals surface area (Å²) in [5, 5.41) is 0. The highest BCUT2D eigenvalue weighted by Gasteiger charge is 2.04. The highest BCUT2D eigenvalue weighted by atomic mass is 127. The Bertz CT molecular complexity index is 480. The molecule has 0 aliphatic rings. The Morgan fingerprint density at radius 3 is 2.41 bits per heavy atom. The lowest BCUT2D eigenvalue weighted by molar-refractivity contribution is 0.322. The molecular formula is C13H13ClINS. The van der Waals surface area contributed by atoms with Gasteiger partial charge in [-0.25, -0.2) is 0 Å². The van der Waals surface area contributed by atoms with Crippen LogP contribution >= 0.6 is 45.5 Å². The number of hydrogen-bond acceptors (Lipinski definition) is 2. The van der Waals surface area contributed by atoms with Crippen LogP contribution < -0.4 is 0 Å². The Hall–Kier alpha value is -0.100. The van der Waals surface area contributed by atoms with Crippen molar-refractivity contribution in [3.63, 3.8) is 0 Å². The van der Waals surface area contributed by atoms with Crippen molar-refractivity contribution in [2.24, 2.45) is 0 Å². The van der Waals surface area contributed by atoms with Crippen LogP contribution in [-0.2, 0) is 13.1 Å². The minimum atomic E-state index is 0.864. The van der Waals surface area contributed by atoms with E-state index in [2.05, 4.69) is 64.9 Å². The van der Waals surface area contributed by atoms with Crippen LogP contribution in [0.2, 0.25) is 4.34 Å². The lowest BCUT2D eigenvalue weighted by atomic mass is 10.2. The van der Waals surface area contributed by atoms with Crippen molar-refractivity contribution in [2.75, 3.05) is 7.05 Å². The van der Waals surface area contributed by atoms with Gasteiger partial charge in [-0.3, -0.25) is 4.90 Å². The van der Waals surface area contributed by atoms with Crippen LogP contribution in [0.1, 0.15) is 10.4 Å². The van der Waals surface area contributed by atoms with Gasteiger partial charge in [0.25, 0.3) is 0 Å². The first-order valence-corrected chi connectivity index (χ1v) is 7.58. The summed E-state index contributed by atoms with van der Waals surface area (Å²) in [4.78, 5) is 3.60. The van der Waals surface area contributed by atoms with Gasteiger partial charge in [0.15, 0.2) is 0 Å². The molecule has 4 heteroatoms. The van der Waals surface area contributed by atoms with Crippen molar-refractivity contribution in [1.82, 2.24) is 4.90 Å². The molecule has 1 heterocycles. The first-order valence-electron chi connectivity index (χ1n) is 5.31. The molecule has 1 aromatic carbocycles. The van der Waals surface area contributed by atoms with E-state index in [9.17, 15) is 0 Å². The van der Waals surface area contributed by atoms with Crippen molar-refractivity contribution in [3.8, 4) is 0 Å². The van der Waals surface area contributed by atoms with Crippen LogP contribution in [0.5, 0.6) is 0 Å². The Balaban J connectivity index is 1.93. The molecule has 0 bridgehead atoms. The SMILES string of the molecule is CN(Cc1ccc(I)cc1)Cc1ccc(Cl)s1. The van der Waals surface area contributed by atoms with E-state index in [1.165, 1.54) is 14.0 Å². The normalized spacial score (nSPS) is 11.1. The predicted molar refractivity (Wildman–Crippen MR) is 83.7 cm³/mol. The summed E-state index contributed by atoms with van der Waals surface area (Å²) in [6.07, 6.45) is 0. The van der Waals surface area contributed by atoms with Crippen molar-refractivity contribution < 1.29 is 0 Å². The van der Waals surface area contributed by atoms with E-state index in [-0.39, 0.29) is 0 Å². The molecule has 0 aliphatic heterocycles. The highest BCUT2D eigenvalue weighted by molar-refractivity contribution is 14.1. The Labute approximate surface area is 125 Å². The second-order valence-electron chi connectivity index (χ2n) is 4.00. The molecule has 1 nitrogen and oxygen atoms in total. The van der Waals surface area contributed by atoms with Gasteiger partial charge in [-0.1, -0.05) is 23.7 Å². The molecule has 2 aromatic rings. The molecule has 0 aliphatic carbocycles. The molecule has 0 saturated carbocycles. The molecule has 17 heavy (non-hydrogen) atoms. The molecule has 90 valence electrons. The van der Waals surface area contributed by atoms with Gasteiger partial charge in [-0.15, -0.1) is 11.3 Å². The maximum absolute atomic E-state index is 5.92. The summed E-state index contributed by atoms with van der Waals surface area (Å²) >= 11 is 9.90. The predicted octanol–water partition coefficient (Wildman–Crippen LogP) is 4.64. The summed E-state index contributed by atoms with van der Waals surface area (Å²) in [6.45, 7) is 1.91. The fourth-order valence-electron chi connectivity index (χ4n) is 1.66. The number of halogens is 2. The Morgan fingerprint density at radius 1 is 1.12 bits per heavy atom. The van der Waals surface area contributed by atoms with Crippen molar-refractivity contribution in [3.05, 3.63) is 54.7 Å². The van der Waals surface area contributed by atoms with Gasteiger partial charge < -0.3 is 0 Å². The Kier molecular flexibility index (Phi) is 4.85. The summed E-state index contributed by atoms with van der Waals surface area (Å²) < 4.78 is 2.14. The molecule has 1 aromatic heterocycles. The van der Waals surface area contributed by atoms with Crippen LogP contribution in [0.3, 0.4) is 0 Å². The zero-order valence-electron chi connectivity index (χ0n) is 9.49. The Morgan fingerprint density at radius 2 is 1.82 bits per heavy atom. The van der Waals surface area contributed by atoms with Crippen molar-refractivity contribution in [1.29, 1.82) is 0 Å². The van der Waals surface area contributed by atoms with Gasteiger partial charge in [-0.2, -0.15) is 0 Å². The fraction of sp³-hybridized carbons (Fsp3) is 0.231. The molecule has 0 fully saturated rings. The quantitative estimate of drug-likeness (QED) is 0.702. The van der Waals surface area contributed by atoms with E-state index >= 15 is 0 Å². The lowest BCUT2D eigenvalue weighted by Crippen LogP contribution is -2.16. The van der Waals surface area contributed by atoms with Crippen LogP contribution in [0.4, 0.5) is 0 Å². The van der Waals surface area contributed by atoms with E-state index in [4.69, 9.17) is 11.6 Å². The molecule has 0 radical (unpaired) electrons. The van der Waals surface area contributed by atoms with Crippen LogP contribution in [0, 0.1) is 3.57 Å². The van der Waals surface area contributed by atoms with Crippen molar-refractivity contribution in [2.45, 2.75) is 13.1 Å². The molecule has 0 N–H and O–H groups in total. The standard InChI is InChI=1S/C13H13ClINS/c1-16(9-12-6-7-13(14)17-12)8-10-2-4-11(15)5-3-10/h2-7H,8-9H2,1H3. The maximum Gasteiger partial charge on any atom is 0.0931 e. The lowest BCUT2D eigenvalue weighted by Gasteiger charge is -2.15. The number of rotatable bonds is 4. The van der Waals surface area contributed by atoms with Crippen molar-refractivity contribution >= 4 is 45.5 Å². The number of thiophene rings is 1. The maximum atomic E-state index is 5.92. The minimum absolute atomic E-state index is 0.864. The zero-order valence-corrected chi connectivity index (χ0v) is 13.2. The third-order valence-electron chi connectivity index (χ3n) is 2.42. The van der Waals surface area contributed by atoms with Gasteiger partial charge in [0, 0.05) is 21.5 Å². The number of nitrogens with zero attached hydrogens (tertiary/aromatic N) is 1. The fourth-order valence-corrected chi connectivity index (χ4v) is 3.19. The third kappa shape index (κ3) is 4.25. The second kappa shape index (κ2) is 6.18. The van der Waals surface area contributed by atoms with Crippen LogP contribution in [0.15, 0.2) is 36.4 Å². The molecule has 0 unspecified atom stereocenters. The van der Waals surface area contributed by atoms with Gasteiger partial charge in [-0.05, 0) is 59.5 Å². The third-order valence-corrected chi connectivity index (χ3v) is 4.36. The van der Waals surface area contributed by atoms with E-state index in [1.807, 2.05) is 6.07 Å². The van der Waals surface area contributed by atoms with E-state index in [1.54, 1.807) is 11.3 Å². The average molecular weight is 378 g/mol. The van der Waals surface area contributed by atoms with Crippen LogP contribution in [-0.4, -0.2) is 11.9 Å². The summed E-state index contributed by atoms with van der Waals surface area (Å²) in [6, 6.07) is 12.7. The topological polar surface area (TPSA) is 3.24 Å². The largest absolute Gasteiger partial charge is 0.297 e. The molecule has 0 spiro atoms. The first-order chi connectivity index (χ1) is 8.13. The van der Waals surface area contributed by atoms with Crippen LogP contribution in [0.25, 0.3) is 0 Å². The van der Waals surface area contributed by atoms with E-state index < -0.39 is 0 Å². The van der Waals surface area contributed by atoms with E-state index in [0.717, 1.165) is 17.4 Å². The second-order valence-corrected chi connectivity index (χ2v) is 7.05. The smallest absolute Gasteiger partial charge is 0.0931 e. The summed E-state index contributed by atoms with van der Waals surface area (Å²) in [5.74, 6) is 0. The van der Waals surface area contributed by atoms with Gasteiger partial charge in [0.1, 0.15) is 0 Å². The average Bonchev–Trinajstić information content (AvgIpc) is 2.67. The molecule has 0 atom stereocenters. The highest BCUT2D eigenvalue weighted by Crippen LogP contribution is 2.22. The first kappa shape index (κ1) is 13.3. The summed E-state index contributed by atoms with van der Waals surface area (Å²) in [5.41, 5.74) is 1.34. The zero-order chi connectivity index (χ0) is 12.3. The molecule has 0 amide bonds. The van der Waals surface area contributed by atoms with Gasteiger partial charge in [0.2, 0.25) is 0 Å². The summed E-state index contributed by atoms with van der Waals surface area (Å²) in [7, 11) is 2.13. The molecule has 0 saturated heterocycles. The van der Waals surface area contributed by atoms with E-state index in [0.29, 0.717) is 0 Å². The minimum Gasteiger partial charge on any atom is -0.297 e. The van der Waals surface area contributed by atoms with Gasteiger partial charge in [0.05, 0.1) is 4.34 Å².